The van der Waals surface area contributed by atoms with Crippen LogP contribution in [0.15, 0.2) is 53.3 Å². The molecule has 1 heterocycles. The number of carbonyl (C=O) groups is 1. The summed E-state index contributed by atoms with van der Waals surface area (Å²) >= 11 is 0. The third kappa shape index (κ3) is 3.23. The SMILES string of the molecule is CCOc1ccccc1/C=C/C(=O)c1ccc2[nH]c(=O)[nH]c2c1. The van der Waals surface area contributed by atoms with Gasteiger partial charge in [-0.2, -0.15) is 0 Å². The molecule has 1 aromatic heterocycles. The van der Waals surface area contributed by atoms with Crippen LogP contribution in [0.3, 0.4) is 0 Å². The monoisotopic (exact) mass is 308 g/mol. The van der Waals surface area contributed by atoms with Gasteiger partial charge in [0.05, 0.1) is 17.6 Å². The van der Waals surface area contributed by atoms with Crippen molar-refractivity contribution in [2.24, 2.45) is 0 Å². The zero-order valence-electron chi connectivity index (χ0n) is 12.6. The topological polar surface area (TPSA) is 75.0 Å². The van der Waals surface area contributed by atoms with Gasteiger partial charge in [-0.25, -0.2) is 4.79 Å². The summed E-state index contributed by atoms with van der Waals surface area (Å²) in [5.41, 5.74) is 2.36. The molecule has 0 atom stereocenters. The van der Waals surface area contributed by atoms with E-state index in [9.17, 15) is 9.59 Å². The molecule has 2 N–H and O–H groups in total. The number of allylic oxidation sites excluding steroid dienone is 1. The summed E-state index contributed by atoms with van der Waals surface area (Å²) in [6.45, 7) is 2.48. The first-order valence-corrected chi connectivity index (χ1v) is 7.33. The molecule has 0 saturated heterocycles. The van der Waals surface area contributed by atoms with Crippen molar-refractivity contribution in [3.63, 3.8) is 0 Å². The lowest BCUT2D eigenvalue weighted by molar-refractivity contribution is 0.104. The molecule has 0 saturated carbocycles. The number of aromatic amines is 2. The molecule has 5 nitrogen and oxygen atoms in total. The van der Waals surface area contributed by atoms with Crippen molar-refractivity contribution in [2.45, 2.75) is 6.92 Å². The normalized spacial score (nSPS) is 11.2. The summed E-state index contributed by atoms with van der Waals surface area (Å²) in [5, 5.41) is 0. The fourth-order valence-electron chi connectivity index (χ4n) is 2.35. The minimum Gasteiger partial charge on any atom is -0.493 e. The molecule has 0 bridgehead atoms. The lowest BCUT2D eigenvalue weighted by Gasteiger charge is -2.06. The third-order valence-electron chi connectivity index (χ3n) is 3.43. The van der Waals surface area contributed by atoms with Crippen LogP contribution in [0.4, 0.5) is 0 Å². The number of hydrogen-bond acceptors (Lipinski definition) is 3. The van der Waals surface area contributed by atoms with Gasteiger partial charge in [0, 0.05) is 11.1 Å². The zero-order valence-corrected chi connectivity index (χ0v) is 12.6. The van der Waals surface area contributed by atoms with E-state index in [0.29, 0.717) is 23.2 Å². The molecule has 5 heteroatoms. The number of ketones is 1. The smallest absolute Gasteiger partial charge is 0.323 e. The van der Waals surface area contributed by atoms with Gasteiger partial charge >= 0.3 is 5.69 Å². The minimum absolute atomic E-state index is 0.139. The van der Waals surface area contributed by atoms with E-state index in [4.69, 9.17) is 4.74 Å². The number of benzene rings is 2. The van der Waals surface area contributed by atoms with E-state index in [0.717, 1.165) is 11.3 Å². The molecule has 0 radical (unpaired) electrons. The minimum atomic E-state index is -0.286. The van der Waals surface area contributed by atoms with Crippen molar-refractivity contribution in [3.8, 4) is 5.75 Å². The number of imidazole rings is 1. The van der Waals surface area contributed by atoms with Crippen molar-refractivity contribution >= 4 is 22.9 Å². The summed E-state index contributed by atoms with van der Waals surface area (Å²) in [6.07, 6.45) is 3.24. The molecule has 0 aliphatic heterocycles. The summed E-state index contributed by atoms with van der Waals surface area (Å²) in [6, 6.07) is 12.6. The molecule has 0 unspecified atom stereocenters. The number of fused-ring (bicyclic) bond motifs is 1. The Labute approximate surface area is 132 Å². The maximum absolute atomic E-state index is 12.3. The van der Waals surface area contributed by atoms with Crippen molar-refractivity contribution in [3.05, 3.63) is 70.2 Å². The van der Waals surface area contributed by atoms with Gasteiger partial charge in [-0.05, 0) is 43.3 Å². The molecule has 3 rings (SSSR count). The average Bonchev–Trinajstić information content (AvgIpc) is 2.93. The Morgan fingerprint density at radius 2 is 1.91 bits per heavy atom. The largest absolute Gasteiger partial charge is 0.493 e. The second kappa shape index (κ2) is 6.36. The first-order chi connectivity index (χ1) is 11.2. The van der Waals surface area contributed by atoms with Crippen LogP contribution in [0.2, 0.25) is 0 Å². The second-order valence-electron chi connectivity index (χ2n) is 5.01. The van der Waals surface area contributed by atoms with Crippen molar-refractivity contribution in [2.75, 3.05) is 6.61 Å². The molecule has 0 fully saturated rings. The Balaban J connectivity index is 1.86. The van der Waals surface area contributed by atoms with E-state index in [2.05, 4.69) is 9.97 Å². The Morgan fingerprint density at radius 3 is 2.74 bits per heavy atom. The van der Waals surface area contributed by atoms with Crippen LogP contribution in [0.5, 0.6) is 5.75 Å². The number of nitrogens with one attached hydrogen (secondary N) is 2. The Morgan fingerprint density at radius 1 is 1.13 bits per heavy atom. The molecule has 0 aliphatic carbocycles. The Hall–Kier alpha value is -3.08. The quantitative estimate of drug-likeness (QED) is 0.561. The third-order valence-corrected chi connectivity index (χ3v) is 3.43. The Bertz CT molecular complexity index is 935. The predicted octanol–water partition coefficient (Wildman–Crippen LogP) is 3.15. The molecule has 0 spiro atoms. The zero-order chi connectivity index (χ0) is 16.2. The number of carbonyl (C=O) groups excluding carboxylic acids is 1. The number of ether oxygens (including phenoxy) is 1. The lowest BCUT2D eigenvalue weighted by Crippen LogP contribution is -1.99. The van der Waals surface area contributed by atoms with Gasteiger partial charge in [0.25, 0.3) is 0 Å². The molecule has 3 aromatic rings. The van der Waals surface area contributed by atoms with Crippen LogP contribution in [-0.4, -0.2) is 22.4 Å². The van der Waals surface area contributed by atoms with Gasteiger partial charge < -0.3 is 14.7 Å². The summed E-state index contributed by atoms with van der Waals surface area (Å²) in [4.78, 5) is 28.9. The number of aromatic nitrogens is 2. The predicted molar refractivity (Wildman–Crippen MR) is 89.9 cm³/mol. The molecule has 23 heavy (non-hydrogen) atoms. The van der Waals surface area contributed by atoms with Gasteiger partial charge in [0.2, 0.25) is 0 Å². The van der Waals surface area contributed by atoms with E-state index < -0.39 is 0 Å². The standard InChI is InChI=1S/C18H16N2O3/c1-2-23-17-6-4-3-5-12(17)8-10-16(21)13-7-9-14-15(11-13)20-18(22)19-14/h3-11H,2H2,1H3,(H2,19,20,22)/b10-8+. The molecular formula is C18H16N2O3. The highest BCUT2D eigenvalue weighted by Gasteiger charge is 2.06. The maximum atomic E-state index is 12.3. The van der Waals surface area contributed by atoms with Crippen LogP contribution in [0.1, 0.15) is 22.8 Å². The van der Waals surface area contributed by atoms with Gasteiger partial charge in [-0.15, -0.1) is 0 Å². The van der Waals surface area contributed by atoms with Crippen molar-refractivity contribution < 1.29 is 9.53 Å². The van der Waals surface area contributed by atoms with Gasteiger partial charge in [-0.3, -0.25) is 4.79 Å². The number of rotatable bonds is 5. The van der Waals surface area contributed by atoms with E-state index in [-0.39, 0.29) is 11.5 Å². The highest BCUT2D eigenvalue weighted by molar-refractivity contribution is 6.08. The maximum Gasteiger partial charge on any atom is 0.323 e. The molecule has 0 amide bonds. The van der Waals surface area contributed by atoms with Gasteiger partial charge in [0.1, 0.15) is 5.75 Å². The Kier molecular flexibility index (Phi) is 4.10. The molecule has 116 valence electrons. The van der Waals surface area contributed by atoms with E-state index in [1.165, 1.54) is 6.08 Å². The van der Waals surface area contributed by atoms with Crippen LogP contribution in [0.25, 0.3) is 17.1 Å². The van der Waals surface area contributed by atoms with E-state index in [1.54, 1.807) is 24.3 Å². The van der Waals surface area contributed by atoms with Gasteiger partial charge in [0.15, 0.2) is 5.78 Å². The second-order valence-corrected chi connectivity index (χ2v) is 5.01. The number of para-hydroxylation sites is 1. The average molecular weight is 308 g/mol. The lowest BCUT2D eigenvalue weighted by atomic mass is 10.1. The van der Waals surface area contributed by atoms with Gasteiger partial charge in [-0.1, -0.05) is 18.2 Å². The molecule has 0 aliphatic rings. The van der Waals surface area contributed by atoms with Crippen LogP contribution in [-0.2, 0) is 0 Å². The fraction of sp³-hybridized carbons (Fsp3) is 0.111. The molecular weight excluding hydrogens is 292 g/mol. The number of H-pyrrole nitrogens is 2. The summed E-state index contributed by atoms with van der Waals surface area (Å²) in [7, 11) is 0. The number of hydrogen-bond donors (Lipinski definition) is 2. The van der Waals surface area contributed by atoms with Crippen LogP contribution < -0.4 is 10.4 Å². The highest BCUT2D eigenvalue weighted by atomic mass is 16.5. The van der Waals surface area contributed by atoms with E-state index >= 15 is 0 Å². The first kappa shape index (κ1) is 14.8. The summed E-state index contributed by atoms with van der Waals surface area (Å²) in [5.74, 6) is 0.602. The van der Waals surface area contributed by atoms with Crippen LogP contribution in [0, 0.1) is 0 Å². The highest BCUT2D eigenvalue weighted by Crippen LogP contribution is 2.20. The van der Waals surface area contributed by atoms with Crippen LogP contribution >= 0.6 is 0 Å². The molecule has 2 aromatic carbocycles. The van der Waals surface area contributed by atoms with Crippen molar-refractivity contribution in [1.29, 1.82) is 0 Å². The fourth-order valence-corrected chi connectivity index (χ4v) is 2.35. The summed E-state index contributed by atoms with van der Waals surface area (Å²) < 4.78 is 5.53. The van der Waals surface area contributed by atoms with Crippen molar-refractivity contribution in [1.82, 2.24) is 9.97 Å². The van der Waals surface area contributed by atoms with E-state index in [1.807, 2.05) is 31.2 Å². The first-order valence-electron chi connectivity index (χ1n) is 7.33.